The molecule has 0 amide bonds. The van der Waals surface area contributed by atoms with Crippen LogP contribution in [0.5, 0.6) is 0 Å². The molecule has 1 aliphatic rings. The zero-order valence-corrected chi connectivity index (χ0v) is 7.34. The molecule has 1 aliphatic heterocycles. The molecule has 0 unspecified atom stereocenters. The topological polar surface area (TPSA) is 47.6 Å². The first-order valence-electron chi connectivity index (χ1n) is 4.38. The van der Waals surface area contributed by atoms with Crippen molar-refractivity contribution in [3.63, 3.8) is 0 Å². The van der Waals surface area contributed by atoms with Gasteiger partial charge in [0.15, 0.2) is 0 Å². The Kier molecular flexibility index (Phi) is 4.04. The molecular formula is C8H15NO3. The van der Waals surface area contributed by atoms with Gasteiger partial charge in [-0.1, -0.05) is 0 Å². The van der Waals surface area contributed by atoms with Gasteiger partial charge in [-0.05, 0) is 32.9 Å². The van der Waals surface area contributed by atoms with E-state index in [9.17, 15) is 4.79 Å². The molecule has 0 aliphatic carbocycles. The molecule has 0 bridgehead atoms. The summed E-state index contributed by atoms with van der Waals surface area (Å²) in [5.41, 5.74) is 0. The minimum absolute atomic E-state index is 0.0257. The predicted octanol–water partition coefficient (Wildman–Crippen LogP) is 0.481. The van der Waals surface area contributed by atoms with Gasteiger partial charge >= 0.3 is 5.97 Å². The van der Waals surface area contributed by atoms with E-state index in [4.69, 9.17) is 0 Å². The average Bonchev–Trinajstić information content (AvgIpc) is 2.15. The predicted molar refractivity (Wildman–Crippen MR) is 43.3 cm³/mol. The van der Waals surface area contributed by atoms with Gasteiger partial charge in [-0.3, -0.25) is 4.89 Å². The van der Waals surface area contributed by atoms with Crippen LogP contribution in [0.25, 0.3) is 0 Å². The highest BCUT2D eigenvalue weighted by molar-refractivity contribution is 5.71. The van der Waals surface area contributed by atoms with Crippen molar-refractivity contribution in [1.82, 2.24) is 5.32 Å². The lowest BCUT2D eigenvalue weighted by Crippen LogP contribution is -2.32. The summed E-state index contributed by atoms with van der Waals surface area (Å²) in [5, 5.41) is 3.18. The third-order valence-electron chi connectivity index (χ3n) is 1.93. The first kappa shape index (κ1) is 9.48. The largest absolute Gasteiger partial charge is 0.345 e. The maximum Gasteiger partial charge on any atom is 0.345 e. The number of hydrogen-bond acceptors (Lipinski definition) is 4. The summed E-state index contributed by atoms with van der Waals surface area (Å²) >= 11 is 0. The molecule has 0 saturated carbocycles. The third kappa shape index (κ3) is 2.79. The van der Waals surface area contributed by atoms with E-state index in [0.717, 1.165) is 25.9 Å². The van der Waals surface area contributed by atoms with Gasteiger partial charge in [0.05, 0.1) is 12.5 Å². The van der Waals surface area contributed by atoms with Gasteiger partial charge in [0.25, 0.3) is 0 Å². The lowest BCUT2D eigenvalue weighted by molar-refractivity contribution is -0.273. The summed E-state index contributed by atoms with van der Waals surface area (Å²) in [7, 11) is 0. The zero-order chi connectivity index (χ0) is 8.81. The normalized spacial score (nSPS) is 19.1. The molecule has 0 atom stereocenters. The molecule has 0 aromatic rings. The van der Waals surface area contributed by atoms with Crippen LogP contribution in [0.3, 0.4) is 0 Å². The van der Waals surface area contributed by atoms with Crippen molar-refractivity contribution < 1.29 is 14.6 Å². The Morgan fingerprint density at radius 1 is 1.50 bits per heavy atom. The molecule has 4 heteroatoms. The average molecular weight is 173 g/mol. The van der Waals surface area contributed by atoms with Crippen LogP contribution < -0.4 is 5.32 Å². The lowest BCUT2D eigenvalue weighted by Gasteiger charge is -2.19. The Balaban J connectivity index is 2.20. The highest BCUT2D eigenvalue weighted by Crippen LogP contribution is 2.13. The fourth-order valence-corrected chi connectivity index (χ4v) is 1.24. The van der Waals surface area contributed by atoms with Crippen molar-refractivity contribution in [2.75, 3.05) is 19.7 Å². The zero-order valence-electron chi connectivity index (χ0n) is 7.34. The standard InChI is InChI=1S/C8H15NO3/c1-2-11-12-8(10)7-3-5-9-6-4-7/h7,9H,2-6H2,1H3. The second kappa shape index (κ2) is 5.11. The van der Waals surface area contributed by atoms with Gasteiger partial charge in [-0.2, -0.15) is 4.89 Å². The Hall–Kier alpha value is -0.610. The van der Waals surface area contributed by atoms with Crippen LogP contribution in [0.15, 0.2) is 0 Å². The summed E-state index contributed by atoms with van der Waals surface area (Å²) in [6, 6.07) is 0. The summed E-state index contributed by atoms with van der Waals surface area (Å²) in [4.78, 5) is 20.3. The second-order valence-electron chi connectivity index (χ2n) is 2.83. The molecule has 1 fully saturated rings. The Labute approximate surface area is 72.2 Å². The van der Waals surface area contributed by atoms with Crippen LogP contribution in [-0.4, -0.2) is 25.7 Å². The molecule has 70 valence electrons. The minimum Gasteiger partial charge on any atom is -0.317 e. The van der Waals surface area contributed by atoms with Crippen molar-refractivity contribution in [3.8, 4) is 0 Å². The second-order valence-corrected chi connectivity index (χ2v) is 2.83. The number of rotatable bonds is 3. The summed E-state index contributed by atoms with van der Waals surface area (Å²) < 4.78 is 0. The van der Waals surface area contributed by atoms with Gasteiger partial charge in [0, 0.05) is 0 Å². The number of carbonyl (C=O) groups is 1. The fourth-order valence-electron chi connectivity index (χ4n) is 1.24. The first-order chi connectivity index (χ1) is 5.84. The van der Waals surface area contributed by atoms with Gasteiger partial charge < -0.3 is 5.32 Å². The molecule has 0 spiro atoms. The highest BCUT2D eigenvalue weighted by atomic mass is 17.2. The SMILES string of the molecule is CCOOC(=O)C1CCNCC1. The van der Waals surface area contributed by atoms with Crippen molar-refractivity contribution in [2.45, 2.75) is 19.8 Å². The number of carbonyl (C=O) groups excluding carboxylic acids is 1. The molecule has 4 nitrogen and oxygen atoms in total. The quantitative estimate of drug-likeness (QED) is 0.498. The van der Waals surface area contributed by atoms with E-state index in [1.807, 2.05) is 0 Å². The van der Waals surface area contributed by atoms with Crippen LogP contribution >= 0.6 is 0 Å². The summed E-state index contributed by atoms with van der Waals surface area (Å²) in [6.07, 6.45) is 1.71. The molecule has 0 radical (unpaired) electrons. The molecule has 1 N–H and O–H groups in total. The van der Waals surface area contributed by atoms with E-state index >= 15 is 0 Å². The fraction of sp³-hybridized carbons (Fsp3) is 0.875. The van der Waals surface area contributed by atoms with Gasteiger partial charge in [-0.15, -0.1) is 0 Å². The van der Waals surface area contributed by atoms with Crippen LogP contribution in [0.4, 0.5) is 0 Å². The molecule has 1 rings (SSSR count). The number of nitrogens with one attached hydrogen (secondary N) is 1. The van der Waals surface area contributed by atoms with Crippen molar-refractivity contribution in [2.24, 2.45) is 5.92 Å². The number of hydrogen-bond donors (Lipinski definition) is 1. The van der Waals surface area contributed by atoms with Crippen LogP contribution in [0.1, 0.15) is 19.8 Å². The maximum atomic E-state index is 11.2. The molecule has 1 heterocycles. The summed E-state index contributed by atoms with van der Waals surface area (Å²) in [5.74, 6) is -0.198. The van der Waals surface area contributed by atoms with E-state index < -0.39 is 0 Å². The monoisotopic (exact) mass is 173 g/mol. The smallest absolute Gasteiger partial charge is 0.317 e. The molecule has 1 saturated heterocycles. The van der Waals surface area contributed by atoms with E-state index in [1.54, 1.807) is 6.92 Å². The lowest BCUT2D eigenvalue weighted by atomic mass is 9.99. The Morgan fingerprint density at radius 2 is 2.17 bits per heavy atom. The maximum absolute atomic E-state index is 11.2. The highest BCUT2D eigenvalue weighted by Gasteiger charge is 2.22. The number of piperidine rings is 1. The van der Waals surface area contributed by atoms with E-state index in [0.29, 0.717) is 6.61 Å². The van der Waals surface area contributed by atoms with Gasteiger partial charge in [0.2, 0.25) is 0 Å². The van der Waals surface area contributed by atoms with E-state index in [2.05, 4.69) is 15.1 Å². The van der Waals surface area contributed by atoms with E-state index in [1.165, 1.54) is 0 Å². The van der Waals surface area contributed by atoms with Crippen molar-refractivity contribution in [1.29, 1.82) is 0 Å². The first-order valence-corrected chi connectivity index (χ1v) is 4.38. The van der Waals surface area contributed by atoms with Gasteiger partial charge in [-0.25, -0.2) is 4.79 Å². The van der Waals surface area contributed by atoms with Gasteiger partial charge in [0.1, 0.15) is 0 Å². The molecular weight excluding hydrogens is 158 g/mol. The van der Waals surface area contributed by atoms with Crippen LogP contribution in [-0.2, 0) is 14.6 Å². The molecule has 0 aromatic heterocycles. The summed E-state index contributed by atoms with van der Waals surface area (Å²) in [6.45, 7) is 3.99. The van der Waals surface area contributed by atoms with Crippen molar-refractivity contribution in [3.05, 3.63) is 0 Å². The minimum atomic E-state index is -0.224. The molecule has 0 aromatic carbocycles. The Bertz CT molecular complexity index is 143. The molecule has 12 heavy (non-hydrogen) atoms. The van der Waals surface area contributed by atoms with Crippen molar-refractivity contribution >= 4 is 5.97 Å². The van der Waals surface area contributed by atoms with Crippen LogP contribution in [0.2, 0.25) is 0 Å². The Morgan fingerprint density at radius 3 is 2.75 bits per heavy atom. The van der Waals surface area contributed by atoms with E-state index in [-0.39, 0.29) is 11.9 Å². The van der Waals surface area contributed by atoms with Crippen LogP contribution in [0, 0.1) is 5.92 Å². The third-order valence-corrected chi connectivity index (χ3v) is 1.93.